The second-order valence-electron chi connectivity index (χ2n) is 4.27. The number of hydrogen-bond donors (Lipinski definition) is 2. The van der Waals surface area contributed by atoms with Crippen LogP contribution < -0.4 is 11.1 Å². The highest BCUT2D eigenvalue weighted by Crippen LogP contribution is 2.36. The summed E-state index contributed by atoms with van der Waals surface area (Å²) in [6.45, 7) is 2.22. The maximum atomic E-state index is 5.91. The lowest BCUT2D eigenvalue weighted by Crippen LogP contribution is -2.41. The van der Waals surface area contributed by atoms with Gasteiger partial charge in [-0.3, -0.25) is 0 Å². The van der Waals surface area contributed by atoms with Crippen LogP contribution in [0.4, 0.5) is 11.4 Å². The van der Waals surface area contributed by atoms with Gasteiger partial charge in [0.1, 0.15) is 0 Å². The van der Waals surface area contributed by atoms with Crippen molar-refractivity contribution in [1.29, 1.82) is 0 Å². The molecule has 0 bridgehead atoms. The SMILES string of the molecule is CC1(Nc2cc(Cl)ccc2N)CCC1. The molecule has 0 spiro atoms. The molecule has 0 saturated heterocycles. The average molecular weight is 211 g/mol. The Hall–Kier alpha value is -0.890. The highest BCUT2D eigenvalue weighted by molar-refractivity contribution is 6.31. The lowest BCUT2D eigenvalue weighted by molar-refractivity contribution is 0.307. The monoisotopic (exact) mass is 210 g/mol. The standard InChI is InChI=1S/C11H15ClN2/c1-11(5-2-6-11)14-10-7-8(12)3-4-9(10)13/h3-4,7,14H,2,5-6,13H2,1H3. The van der Waals surface area contributed by atoms with Crippen molar-refractivity contribution in [1.82, 2.24) is 0 Å². The van der Waals surface area contributed by atoms with Crippen molar-refractivity contribution in [2.75, 3.05) is 11.1 Å². The van der Waals surface area contributed by atoms with Gasteiger partial charge in [-0.2, -0.15) is 0 Å². The summed E-state index contributed by atoms with van der Waals surface area (Å²) in [5.41, 5.74) is 7.80. The first-order valence-corrected chi connectivity index (χ1v) is 5.30. The molecule has 0 aromatic heterocycles. The quantitative estimate of drug-likeness (QED) is 0.736. The van der Waals surface area contributed by atoms with Crippen molar-refractivity contribution < 1.29 is 0 Å². The van der Waals surface area contributed by atoms with Gasteiger partial charge in [0, 0.05) is 10.6 Å². The van der Waals surface area contributed by atoms with Gasteiger partial charge in [0.2, 0.25) is 0 Å². The minimum Gasteiger partial charge on any atom is -0.397 e. The molecule has 14 heavy (non-hydrogen) atoms. The Morgan fingerprint density at radius 3 is 2.71 bits per heavy atom. The Kier molecular flexibility index (Phi) is 2.31. The Balaban J connectivity index is 2.19. The van der Waals surface area contributed by atoms with E-state index in [1.165, 1.54) is 19.3 Å². The smallest absolute Gasteiger partial charge is 0.0593 e. The van der Waals surface area contributed by atoms with Gasteiger partial charge in [-0.1, -0.05) is 11.6 Å². The van der Waals surface area contributed by atoms with Crippen LogP contribution >= 0.6 is 11.6 Å². The van der Waals surface area contributed by atoms with Crippen LogP contribution in [0, 0.1) is 0 Å². The number of nitrogen functional groups attached to an aromatic ring is 1. The van der Waals surface area contributed by atoms with Crippen molar-refractivity contribution in [2.45, 2.75) is 31.7 Å². The van der Waals surface area contributed by atoms with E-state index in [0.29, 0.717) is 0 Å². The number of benzene rings is 1. The van der Waals surface area contributed by atoms with Gasteiger partial charge < -0.3 is 11.1 Å². The Bertz CT molecular complexity index is 345. The van der Waals surface area contributed by atoms with Crippen LogP contribution in [0.5, 0.6) is 0 Å². The van der Waals surface area contributed by atoms with Gasteiger partial charge in [-0.25, -0.2) is 0 Å². The highest BCUT2D eigenvalue weighted by atomic mass is 35.5. The number of rotatable bonds is 2. The third kappa shape index (κ3) is 1.80. The first-order chi connectivity index (χ1) is 6.59. The van der Waals surface area contributed by atoms with Crippen LogP contribution in [0.3, 0.4) is 0 Å². The van der Waals surface area contributed by atoms with Crippen molar-refractivity contribution in [2.24, 2.45) is 0 Å². The summed E-state index contributed by atoms with van der Waals surface area (Å²) in [5, 5.41) is 4.18. The van der Waals surface area contributed by atoms with E-state index in [1.807, 2.05) is 18.2 Å². The summed E-state index contributed by atoms with van der Waals surface area (Å²) < 4.78 is 0. The number of halogens is 1. The Morgan fingerprint density at radius 1 is 1.43 bits per heavy atom. The molecule has 0 radical (unpaired) electrons. The van der Waals surface area contributed by atoms with Gasteiger partial charge in [-0.15, -0.1) is 0 Å². The van der Waals surface area contributed by atoms with Crippen molar-refractivity contribution in [3.8, 4) is 0 Å². The average Bonchev–Trinajstić information content (AvgIpc) is 2.09. The summed E-state index contributed by atoms with van der Waals surface area (Å²) in [6, 6.07) is 5.54. The molecule has 0 atom stereocenters. The molecule has 1 aromatic carbocycles. The topological polar surface area (TPSA) is 38.0 Å². The number of nitrogens with two attached hydrogens (primary N) is 1. The molecule has 1 aromatic rings. The van der Waals surface area contributed by atoms with E-state index in [-0.39, 0.29) is 5.54 Å². The fourth-order valence-corrected chi connectivity index (χ4v) is 1.97. The summed E-state index contributed by atoms with van der Waals surface area (Å²) in [7, 11) is 0. The molecule has 2 rings (SSSR count). The minimum atomic E-state index is 0.221. The molecule has 2 nitrogen and oxygen atoms in total. The molecule has 3 heteroatoms. The van der Waals surface area contributed by atoms with Crippen molar-refractivity contribution >= 4 is 23.0 Å². The van der Waals surface area contributed by atoms with E-state index in [0.717, 1.165) is 16.4 Å². The second kappa shape index (κ2) is 3.35. The predicted octanol–water partition coefficient (Wildman–Crippen LogP) is 3.28. The van der Waals surface area contributed by atoms with Crippen LogP contribution in [-0.2, 0) is 0 Å². The van der Waals surface area contributed by atoms with E-state index in [4.69, 9.17) is 17.3 Å². The fourth-order valence-electron chi connectivity index (χ4n) is 1.79. The molecule has 1 aliphatic rings. The lowest BCUT2D eigenvalue weighted by Gasteiger charge is -2.40. The predicted molar refractivity (Wildman–Crippen MR) is 61.7 cm³/mol. The van der Waals surface area contributed by atoms with Gasteiger partial charge in [0.05, 0.1) is 11.4 Å². The third-order valence-electron chi connectivity index (χ3n) is 2.91. The fraction of sp³-hybridized carbons (Fsp3) is 0.455. The first kappa shape index (κ1) is 9.66. The highest BCUT2D eigenvalue weighted by Gasteiger charge is 2.31. The molecule has 3 N–H and O–H groups in total. The zero-order valence-corrected chi connectivity index (χ0v) is 9.06. The van der Waals surface area contributed by atoms with Crippen LogP contribution in [0.2, 0.25) is 5.02 Å². The lowest BCUT2D eigenvalue weighted by atomic mass is 9.78. The summed E-state index contributed by atoms with van der Waals surface area (Å²) in [4.78, 5) is 0. The molecule has 0 heterocycles. The molecule has 1 aliphatic carbocycles. The molecule has 0 unspecified atom stereocenters. The molecule has 0 aliphatic heterocycles. The number of nitrogens with one attached hydrogen (secondary N) is 1. The summed E-state index contributed by atoms with van der Waals surface area (Å²) in [5.74, 6) is 0. The number of hydrogen-bond acceptors (Lipinski definition) is 2. The Labute approximate surface area is 89.4 Å². The van der Waals surface area contributed by atoms with Crippen LogP contribution in [0.25, 0.3) is 0 Å². The van der Waals surface area contributed by atoms with E-state index in [2.05, 4.69) is 12.2 Å². The zero-order chi connectivity index (χ0) is 10.2. The Morgan fingerprint density at radius 2 is 2.14 bits per heavy atom. The minimum absolute atomic E-state index is 0.221. The summed E-state index contributed by atoms with van der Waals surface area (Å²) in [6.07, 6.45) is 3.71. The third-order valence-corrected chi connectivity index (χ3v) is 3.14. The van der Waals surface area contributed by atoms with Gasteiger partial charge in [0.15, 0.2) is 0 Å². The molecular formula is C11H15ClN2. The number of anilines is 2. The van der Waals surface area contributed by atoms with Gasteiger partial charge in [0.25, 0.3) is 0 Å². The maximum absolute atomic E-state index is 5.91. The van der Waals surface area contributed by atoms with E-state index < -0.39 is 0 Å². The molecule has 76 valence electrons. The molecule has 0 amide bonds. The zero-order valence-electron chi connectivity index (χ0n) is 8.31. The van der Waals surface area contributed by atoms with Crippen LogP contribution in [-0.4, -0.2) is 5.54 Å². The molecule has 1 fully saturated rings. The normalized spacial score (nSPS) is 18.7. The largest absolute Gasteiger partial charge is 0.397 e. The first-order valence-electron chi connectivity index (χ1n) is 4.92. The van der Waals surface area contributed by atoms with E-state index in [1.54, 1.807) is 0 Å². The van der Waals surface area contributed by atoms with E-state index in [9.17, 15) is 0 Å². The molecular weight excluding hydrogens is 196 g/mol. The maximum Gasteiger partial charge on any atom is 0.0593 e. The van der Waals surface area contributed by atoms with Gasteiger partial charge in [-0.05, 0) is 44.4 Å². The van der Waals surface area contributed by atoms with Gasteiger partial charge >= 0.3 is 0 Å². The molecule has 1 saturated carbocycles. The summed E-state index contributed by atoms with van der Waals surface area (Å²) >= 11 is 5.91. The van der Waals surface area contributed by atoms with Crippen LogP contribution in [0.1, 0.15) is 26.2 Å². The van der Waals surface area contributed by atoms with Crippen molar-refractivity contribution in [3.63, 3.8) is 0 Å². The van der Waals surface area contributed by atoms with Crippen molar-refractivity contribution in [3.05, 3.63) is 23.2 Å². The van der Waals surface area contributed by atoms with Crippen LogP contribution in [0.15, 0.2) is 18.2 Å². The van der Waals surface area contributed by atoms with E-state index >= 15 is 0 Å². The second-order valence-corrected chi connectivity index (χ2v) is 4.71.